The number of amides is 1. The van der Waals surface area contributed by atoms with Crippen LogP contribution in [0.4, 0.5) is 0 Å². The molecule has 0 aromatic heterocycles. The first-order valence-electron chi connectivity index (χ1n) is 7.95. The number of nitrogens with zero attached hydrogens (tertiary/aromatic N) is 1. The number of hydrogen-bond donors (Lipinski definition) is 0. The summed E-state index contributed by atoms with van der Waals surface area (Å²) in [6.07, 6.45) is 3.43. The van der Waals surface area contributed by atoms with Crippen molar-refractivity contribution in [2.24, 2.45) is 0 Å². The van der Waals surface area contributed by atoms with Gasteiger partial charge in [0.15, 0.2) is 0 Å². The van der Waals surface area contributed by atoms with Gasteiger partial charge in [-0.2, -0.15) is 0 Å². The van der Waals surface area contributed by atoms with E-state index in [4.69, 9.17) is 4.74 Å². The van der Waals surface area contributed by atoms with E-state index in [1.807, 2.05) is 38.1 Å². The first kappa shape index (κ1) is 15.1. The molecule has 0 unspecified atom stereocenters. The number of esters is 1. The van der Waals surface area contributed by atoms with Crippen molar-refractivity contribution in [3.05, 3.63) is 35.4 Å². The average Bonchev–Trinajstić information content (AvgIpc) is 2.79. The number of aryl methyl sites for hydroxylation is 1. The fourth-order valence-electron chi connectivity index (χ4n) is 3.96. The Morgan fingerprint density at radius 1 is 1.27 bits per heavy atom. The lowest BCUT2D eigenvalue weighted by Crippen LogP contribution is -2.51. The highest BCUT2D eigenvalue weighted by molar-refractivity contribution is 5.94. The third kappa shape index (κ3) is 2.21. The van der Waals surface area contributed by atoms with Crippen LogP contribution in [0.15, 0.2) is 24.3 Å². The van der Waals surface area contributed by atoms with Crippen molar-refractivity contribution in [2.75, 3.05) is 7.11 Å². The molecule has 4 heteroatoms. The molecule has 118 valence electrons. The molecule has 0 N–H and O–H groups in total. The number of piperidine rings is 1. The van der Waals surface area contributed by atoms with E-state index >= 15 is 0 Å². The summed E-state index contributed by atoms with van der Waals surface area (Å²) in [5, 5.41) is 0. The van der Waals surface area contributed by atoms with E-state index in [2.05, 4.69) is 0 Å². The lowest BCUT2D eigenvalue weighted by molar-refractivity contribution is -0.155. The zero-order valence-corrected chi connectivity index (χ0v) is 13.5. The maximum atomic E-state index is 13.1. The van der Waals surface area contributed by atoms with Crippen molar-refractivity contribution in [1.29, 1.82) is 0 Å². The monoisotopic (exact) mass is 301 g/mol. The zero-order chi connectivity index (χ0) is 15.9. The molecular formula is C18H23NO3. The van der Waals surface area contributed by atoms with Crippen molar-refractivity contribution in [1.82, 2.24) is 4.90 Å². The topological polar surface area (TPSA) is 46.6 Å². The minimum Gasteiger partial charge on any atom is -0.467 e. The van der Waals surface area contributed by atoms with E-state index in [1.54, 1.807) is 4.90 Å². The Bertz CT molecular complexity index is 595. The quantitative estimate of drug-likeness (QED) is 0.789. The van der Waals surface area contributed by atoms with Gasteiger partial charge in [0.2, 0.25) is 5.91 Å². The summed E-state index contributed by atoms with van der Waals surface area (Å²) in [5.74, 6) is -0.220. The van der Waals surface area contributed by atoms with Gasteiger partial charge in [0.1, 0.15) is 6.04 Å². The predicted molar refractivity (Wildman–Crippen MR) is 83.4 cm³/mol. The molecule has 0 bridgehead atoms. The highest BCUT2D eigenvalue weighted by atomic mass is 16.5. The number of hydrogen-bond acceptors (Lipinski definition) is 3. The number of carbonyl (C=O) groups is 2. The summed E-state index contributed by atoms with van der Waals surface area (Å²) in [7, 11) is 1.39. The van der Waals surface area contributed by atoms with Gasteiger partial charge in [0.05, 0.1) is 12.5 Å². The van der Waals surface area contributed by atoms with Gasteiger partial charge in [0, 0.05) is 6.04 Å². The maximum Gasteiger partial charge on any atom is 0.328 e. The van der Waals surface area contributed by atoms with Crippen LogP contribution in [0.25, 0.3) is 0 Å². The fourth-order valence-corrected chi connectivity index (χ4v) is 3.96. The normalized spacial score (nSPS) is 31.0. The molecule has 2 fully saturated rings. The van der Waals surface area contributed by atoms with Crippen molar-refractivity contribution < 1.29 is 14.3 Å². The second-order valence-corrected chi connectivity index (χ2v) is 6.74. The fraction of sp³-hybridized carbons (Fsp3) is 0.556. The molecule has 0 aliphatic carbocycles. The Morgan fingerprint density at radius 2 is 1.95 bits per heavy atom. The Morgan fingerprint density at radius 3 is 2.59 bits per heavy atom. The van der Waals surface area contributed by atoms with E-state index in [-0.39, 0.29) is 17.9 Å². The van der Waals surface area contributed by atoms with E-state index < -0.39 is 11.5 Å². The number of fused-ring (bicyclic) bond motifs is 1. The van der Waals surface area contributed by atoms with Crippen LogP contribution in [0.3, 0.4) is 0 Å². The van der Waals surface area contributed by atoms with Crippen molar-refractivity contribution in [3.8, 4) is 0 Å². The summed E-state index contributed by atoms with van der Waals surface area (Å²) in [4.78, 5) is 26.9. The molecule has 2 aliphatic rings. The third-order valence-corrected chi connectivity index (χ3v) is 5.26. The second-order valence-electron chi connectivity index (χ2n) is 6.74. The molecule has 22 heavy (non-hydrogen) atoms. The molecule has 3 atom stereocenters. The van der Waals surface area contributed by atoms with Crippen LogP contribution in [-0.2, 0) is 19.7 Å². The van der Waals surface area contributed by atoms with E-state index in [1.165, 1.54) is 12.7 Å². The van der Waals surface area contributed by atoms with Gasteiger partial charge in [-0.05, 0) is 45.1 Å². The second kappa shape index (κ2) is 5.41. The van der Waals surface area contributed by atoms with Crippen molar-refractivity contribution >= 4 is 11.9 Å². The van der Waals surface area contributed by atoms with Gasteiger partial charge in [-0.3, -0.25) is 4.79 Å². The van der Waals surface area contributed by atoms with Gasteiger partial charge < -0.3 is 9.64 Å². The Labute approximate surface area is 131 Å². The molecule has 4 nitrogen and oxygen atoms in total. The largest absolute Gasteiger partial charge is 0.467 e. The first-order valence-corrected chi connectivity index (χ1v) is 7.95. The Kier molecular flexibility index (Phi) is 3.71. The third-order valence-electron chi connectivity index (χ3n) is 5.26. The molecule has 2 heterocycles. The number of ether oxygens (including phenoxy) is 1. The first-order chi connectivity index (χ1) is 10.5. The number of carbonyl (C=O) groups excluding carboxylic acids is 2. The number of rotatable bonds is 2. The van der Waals surface area contributed by atoms with Crippen molar-refractivity contribution in [2.45, 2.75) is 57.0 Å². The van der Waals surface area contributed by atoms with Crippen molar-refractivity contribution in [3.63, 3.8) is 0 Å². The van der Waals surface area contributed by atoms with Crippen LogP contribution >= 0.6 is 0 Å². The summed E-state index contributed by atoms with van der Waals surface area (Å²) in [6, 6.07) is 7.91. The smallest absolute Gasteiger partial charge is 0.328 e. The van der Waals surface area contributed by atoms with Gasteiger partial charge in [0.25, 0.3) is 0 Å². The lowest BCUT2D eigenvalue weighted by Gasteiger charge is -2.36. The number of benzene rings is 1. The molecule has 1 aromatic carbocycles. The molecular weight excluding hydrogens is 278 g/mol. The molecule has 2 saturated heterocycles. The highest BCUT2D eigenvalue weighted by Crippen LogP contribution is 2.44. The lowest BCUT2D eigenvalue weighted by atomic mass is 9.79. The summed E-state index contributed by atoms with van der Waals surface area (Å²) >= 11 is 0. The highest BCUT2D eigenvalue weighted by Gasteiger charge is 2.54. The van der Waals surface area contributed by atoms with Crippen LogP contribution in [0.2, 0.25) is 0 Å². The van der Waals surface area contributed by atoms with E-state index in [0.29, 0.717) is 6.42 Å². The van der Waals surface area contributed by atoms with Gasteiger partial charge in [-0.25, -0.2) is 4.79 Å². The standard InChI is InChI=1S/C18H23NO3/c1-12-7-9-13(10-8-12)18(2)11-14-5-4-6-15(16(20)22-3)19(14)17(18)21/h7-10,14-15H,4-6,11H2,1-3H3/t14-,15-,18+/m1/s1. The van der Waals surface area contributed by atoms with Gasteiger partial charge in [-0.15, -0.1) is 0 Å². The minimum absolute atomic E-state index is 0.0662. The molecule has 1 amide bonds. The van der Waals surface area contributed by atoms with Crippen LogP contribution in [0.1, 0.15) is 43.7 Å². The number of methoxy groups -OCH3 is 1. The van der Waals surface area contributed by atoms with E-state index in [9.17, 15) is 9.59 Å². The Balaban J connectivity index is 1.95. The van der Waals surface area contributed by atoms with Gasteiger partial charge in [-0.1, -0.05) is 29.8 Å². The van der Waals surface area contributed by atoms with Crippen LogP contribution in [0, 0.1) is 6.92 Å². The zero-order valence-electron chi connectivity index (χ0n) is 13.5. The van der Waals surface area contributed by atoms with Crippen LogP contribution < -0.4 is 0 Å². The molecule has 0 spiro atoms. The maximum absolute atomic E-state index is 13.1. The molecule has 0 radical (unpaired) electrons. The SMILES string of the molecule is COC(=O)[C@H]1CCC[C@@H]2C[C@@](C)(c3ccc(C)cc3)C(=O)N21. The van der Waals surface area contributed by atoms with Crippen LogP contribution in [0.5, 0.6) is 0 Å². The minimum atomic E-state index is -0.533. The van der Waals surface area contributed by atoms with Gasteiger partial charge >= 0.3 is 5.97 Å². The average molecular weight is 301 g/mol. The molecule has 2 aliphatic heterocycles. The summed E-state index contributed by atoms with van der Waals surface area (Å²) in [6.45, 7) is 4.05. The Hall–Kier alpha value is -1.84. The predicted octanol–water partition coefficient (Wildman–Crippen LogP) is 2.58. The summed E-state index contributed by atoms with van der Waals surface area (Å²) in [5.41, 5.74) is 1.69. The molecule has 1 aromatic rings. The van der Waals surface area contributed by atoms with E-state index in [0.717, 1.165) is 24.8 Å². The van der Waals surface area contributed by atoms with Crippen LogP contribution in [-0.4, -0.2) is 36.0 Å². The summed E-state index contributed by atoms with van der Waals surface area (Å²) < 4.78 is 4.90. The molecule has 0 saturated carbocycles. The molecule has 3 rings (SSSR count).